The molecule has 1 rings (SSSR count). The van der Waals surface area contributed by atoms with Gasteiger partial charge in [0.2, 0.25) is 0 Å². The quantitative estimate of drug-likeness (QED) is 0.704. The predicted molar refractivity (Wildman–Crippen MR) is 58.0 cm³/mol. The van der Waals surface area contributed by atoms with E-state index in [2.05, 4.69) is 4.74 Å². The van der Waals surface area contributed by atoms with E-state index in [9.17, 15) is 9.59 Å². The third-order valence-electron chi connectivity index (χ3n) is 3.04. The lowest BCUT2D eigenvalue weighted by molar-refractivity contribution is -0.147. The van der Waals surface area contributed by atoms with Gasteiger partial charge in [0.05, 0.1) is 13.0 Å². The van der Waals surface area contributed by atoms with Crippen LogP contribution in [-0.2, 0) is 14.3 Å². The monoisotopic (exact) mass is 229 g/mol. The minimum Gasteiger partial charge on any atom is -0.480 e. The van der Waals surface area contributed by atoms with Crippen LogP contribution in [0, 0.1) is 5.92 Å². The second kappa shape index (κ2) is 5.84. The summed E-state index contributed by atoms with van der Waals surface area (Å²) >= 11 is 0. The van der Waals surface area contributed by atoms with Crippen molar-refractivity contribution < 1.29 is 19.4 Å². The third kappa shape index (κ3) is 2.95. The number of carboxylic acid groups (broad SMARTS) is 1. The number of methoxy groups -OCH3 is 1. The lowest BCUT2D eigenvalue weighted by atomic mass is 10.1. The van der Waals surface area contributed by atoms with Gasteiger partial charge in [-0.3, -0.25) is 14.5 Å². The Morgan fingerprint density at radius 1 is 1.56 bits per heavy atom. The average molecular weight is 229 g/mol. The van der Waals surface area contributed by atoms with Crippen LogP contribution < -0.4 is 0 Å². The van der Waals surface area contributed by atoms with E-state index in [0.717, 1.165) is 6.42 Å². The number of carbonyl (C=O) groups is 2. The number of carboxylic acids is 1. The van der Waals surface area contributed by atoms with Crippen LogP contribution in [-0.4, -0.2) is 48.2 Å². The molecule has 2 unspecified atom stereocenters. The van der Waals surface area contributed by atoms with Crippen LogP contribution in [0.4, 0.5) is 0 Å². The highest BCUT2D eigenvalue weighted by atomic mass is 16.5. The maximum Gasteiger partial charge on any atom is 0.320 e. The molecule has 0 bridgehead atoms. The molecular formula is C11H19NO4. The van der Waals surface area contributed by atoms with E-state index in [1.165, 1.54) is 7.11 Å². The van der Waals surface area contributed by atoms with Crippen molar-refractivity contribution in [2.75, 3.05) is 20.2 Å². The molecule has 1 N–H and O–H groups in total. The van der Waals surface area contributed by atoms with Crippen molar-refractivity contribution in [1.29, 1.82) is 0 Å². The fourth-order valence-corrected chi connectivity index (χ4v) is 2.17. The van der Waals surface area contributed by atoms with Crippen LogP contribution in [0.15, 0.2) is 0 Å². The second-order valence-corrected chi connectivity index (χ2v) is 4.15. The minimum absolute atomic E-state index is 0.163. The molecule has 5 nitrogen and oxygen atoms in total. The second-order valence-electron chi connectivity index (χ2n) is 4.15. The van der Waals surface area contributed by atoms with E-state index in [0.29, 0.717) is 25.9 Å². The molecule has 1 heterocycles. The molecule has 0 aromatic heterocycles. The number of likely N-dealkylation sites (tertiary alicyclic amines) is 1. The molecule has 1 saturated heterocycles. The molecule has 0 amide bonds. The van der Waals surface area contributed by atoms with E-state index in [-0.39, 0.29) is 11.9 Å². The fourth-order valence-electron chi connectivity index (χ4n) is 2.17. The zero-order valence-corrected chi connectivity index (χ0v) is 9.81. The molecule has 0 aromatic carbocycles. The Labute approximate surface area is 95.4 Å². The van der Waals surface area contributed by atoms with E-state index in [4.69, 9.17) is 5.11 Å². The highest BCUT2D eigenvalue weighted by Gasteiger charge is 2.35. The van der Waals surface area contributed by atoms with Crippen LogP contribution in [0.3, 0.4) is 0 Å². The molecule has 1 aliphatic heterocycles. The van der Waals surface area contributed by atoms with Crippen LogP contribution in [0.5, 0.6) is 0 Å². The topological polar surface area (TPSA) is 66.8 Å². The number of aliphatic carboxylic acids is 1. The van der Waals surface area contributed by atoms with E-state index in [1.54, 1.807) is 0 Å². The molecule has 0 saturated carbocycles. The largest absolute Gasteiger partial charge is 0.480 e. The molecular weight excluding hydrogens is 210 g/mol. The molecule has 0 aromatic rings. The first-order valence-corrected chi connectivity index (χ1v) is 5.64. The number of nitrogens with zero attached hydrogens (tertiary/aromatic N) is 1. The summed E-state index contributed by atoms with van der Waals surface area (Å²) in [4.78, 5) is 24.2. The average Bonchev–Trinajstić information content (AvgIpc) is 2.73. The molecule has 0 spiro atoms. The molecule has 16 heavy (non-hydrogen) atoms. The Kier molecular flexibility index (Phi) is 4.73. The van der Waals surface area contributed by atoms with Gasteiger partial charge in [-0.15, -0.1) is 0 Å². The molecule has 92 valence electrons. The molecule has 0 radical (unpaired) electrons. The molecule has 0 aliphatic carbocycles. The van der Waals surface area contributed by atoms with Crippen molar-refractivity contribution >= 4 is 11.9 Å². The summed E-state index contributed by atoms with van der Waals surface area (Å²) in [5.74, 6) is -1.20. The first-order valence-electron chi connectivity index (χ1n) is 5.64. The number of hydrogen-bond donors (Lipinski definition) is 1. The van der Waals surface area contributed by atoms with Gasteiger partial charge in [-0.25, -0.2) is 0 Å². The standard InChI is InChI=1S/C11H19NO4/c1-3-4-9(10(13)14)12-6-5-8(7-12)11(15)16-2/h8-9H,3-7H2,1-2H3,(H,13,14). The van der Waals surface area contributed by atoms with Crippen LogP contribution in [0.25, 0.3) is 0 Å². The summed E-state index contributed by atoms with van der Waals surface area (Å²) in [5, 5.41) is 9.09. The third-order valence-corrected chi connectivity index (χ3v) is 3.04. The number of esters is 1. The van der Waals surface area contributed by atoms with Crippen molar-refractivity contribution in [3.63, 3.8) is 0 Å². The fraction of sp³-hybridized carbons (Fsp3) is 0.818. The van der Waals surface area contributed by atoms with E-state index < -0.39 is 12.0 Å². The van der Waals surface area contributed by atoms with Crippen LogP contribution >= 0.6 is 0 Å². The highest BCUT2D eigenvalue weighted by Crippen LogP contribution is 2.21. The van der Waals surface area contributed by atoms with Gasteiger partial charge in [0, 0.05) is 6.54 Å². The molecule has 1 aliphatic rings. The number of hydrogen-bond acceptors (Lipinski definition) is 4. The minimum atomic E-state index is -0.799. The van der Waals surface area contributed by atoms with Crippen molar-refractivity contribution in [2.24, 2.45) is 5.92 Å². The van der Waals surface area contributed by atoms with Gasteiger partial charge in [0.25, 0.3) is 0 Å². The SMILES string of the molecule is CCCC(C(=O)O)N1CCC(C(=O)OC)C1. The summed E-state index contributed by atoms with van der Waals surface area (Å²) in [5.41, 5.74) is 0. The number of rotatable bonds is 5. The van der Waals surface area contributed by atoms with Gasteiger partial charge in [-0.2, -0.15) is 0 Å². The molecule has 5 heteroatoms. The van der Waals surface area contributed by atoms with Crippen molar-refractivity contribution in [1.82, 2.24) is 4.90 Å². The summed E-state index contributed by atoms with van der Waals surface area (Å²) in [7, 11) is 1.37. The Balaban J connectivity index is 2.56. The summed E-state index contributed by atoms with van der Waals surface area (Å²) in [6.45, 7) is 3.13. The smallest absolute Gasteiger partial charge is 0.320 e. The van der Waals surface area contributed by atoms with Gasteiger partial charge >= 0.3 is 11.9 Å². The highest BCUT2D eigenvalue weighted by molar-refractivity contribution is 5.75. The van der Waals surface area contributed by atoms with Gasteiger partial charge in [-0.1, -0.05) is 13.3 Å². The van der Waals surface area contributed by atoms with E-state index >= 15 is 0 Å². The summed E-state index contributed by atoms with van der Waals surface area (Å²) < 4.78 is 4.67. The zero-order chi connectivity index (χ0) is 12.1. The first-order chi connectivity index (χ1) is 7.60. The van der Waals surface area contributed by atoms with Gasteiger partial charge in [0.15, 0.2) is 0 Å². The van der Waals surface area contributed by atoms with E-state index in [1.807, 2.05) is 11.8 Å². The molecule has 1 fully saturated rings. The van der Waals surface area contributed by atoms with Crippen molar-refractivity contribution in [3.05, 3.63) is 0 Å². The lowest BCUT2D eigenvalue weighted by Gasteiger charge is -2.23. The van der Waals surface area contributed by atoms with Crippen molar-refractivity contribution in [2.45, 2.75) is 32.2 Å². The van der Waals surface area contributed by atoms with Gasteiger partial charge < -0.3 is 9.84 Å². The maximum atomic E-state index is 11.3. The lowest BCUT2D eigenvalue weighted by Crippen LogP contribution is -2.40. The zero-order valence-electron chi connectivity index (χ0n) is 9.81. The van der Waals surface area contributed by atoms with Crippen LogP contribution in [0.1, 0.15) is 26.2 Å². The Morgan fingerprint density at radius 2 is 2.25 bits per heavy atom. The Morgan fingerprint density at radius 3 is 2.75 bits per heavy atom. The maximum absolute atomic E-state index is 11.3. The molecule has 2 atom stereocenters. The normalized spacial score (nSPS) is 23.0. The van der Waals surface area contributed by atoms with Crippen LogP contribution in [0.2, 0.25) is 0 Å². The Bertz CT molecular complexity index is 267. The predicted octanol–water partition coefficient (Wildman–Crippen LogP) is 0.735. The van der Waals surface area contributed by atoms with Gasteiger partial charge in [0.1, 0.15) is 6.04 Å². The summed E-state index contributed by atoms with van der Waals surface area (Å²) in [6, 6.07) is -0.459. The summed E-state index contributed by atoms with van der Waals surface area (Å²) in [6.07, 6.45) is 2.15. The Hall–Kier alpha value is -1.10. The number of ether oxygens (including phenoxy) is 1. The van der Waals surface area contributed by atoms with Gasteiger partial charge in [-0.05, 0) is 19.4 Å². The van der Waals surface area contributed by atoms with Crippen molar-refractivity contribution in [3.8, 4) is 0 Å². The number of carbonyl (C=O) groups excluding carboxylic acids is 1. The first kappa shape index (κ1) is 13.0.